The van der Waals surface area contributed by atoms with Crippen LogP contribution in [-0.4, -0.2) is 76.5 Å². The third-order valence-electron chi connectivity index (χ3n) is 13.6. The summed E-state index contributed by atoms with van der Waals surface area (Å²) in [6.45, 7) is 12.1. The number of hydrogen-bond donors (Lipinski definition) is 1. The lowest BCUT2D eigenvalue weighted by atomic mass is 10.1. The molecule has 99 heavy (non-hydrogen) atoms. The molecule has 11 rings (SSSR count). The molecule has 0 unspecified atom stereocenters. The van der Waals surface area contributed by atoms with Gasteiger partial charge in [0.2, 0.25) is 0 Å². The molecule has 1 aliphatic rings. The van der Waals surface area contributed by atoms with Crippen LogP contribution in [-0.2, 0) is 4.74 Å². The summed E-state index contributed by atoms with van der Waals surface area (Å²) in [7, 11) is 0. The number of aromatic hydroxyl groups is 1. The number of rotatable bonds is 20. The van der Waals surface area contributed by atoms with E-state index < -0.39 is 33.6 Å². The number of phenolic OH excluding ortho intramolecular Hbond substituents is 1. The molecule has 0 saturated carbocycles. The van der Waals surface area contributed by atoms with Crippen molar-refractivity contribution >= 4 is 114 Å². The number of carbonyl (C=O) groups excluding carboxylic acids is 6. The molecule has 10 aromatic rings. The lowest BCUT2D eigenvalue weighted by Gasteiger charge is -2.13. The predicted octanol–water partition coefficient (Wildman–Crippen LogP) is 21.4. The molecule has 1 heterocycles. The third kappa shape index (κ3) is 27.0. The average Bonchev–Trinajstić information content (AvgIpc) is 1.09. The molecule has 0 radical (unpaired) electrons. The minimum Gasteiger partial charge on any atom is -0.508 e. The molecule has 0 atom stereocenters. The van der Waals surface area contributed by atoms with Crippen LogP contribution in [0.1, 0.15) is 95.8 Å². The molecule has 1 saturated heterocycles. The number of benzene rings is 10. The molecular weight excluding hydrogens is 1320 g/mol. The van der Waals surface area contributed by atoms with Crippen LogP contribution >= 0.6 is 34.8 Å². The Bertz CT molecular complexity index is 3970. The zero-order valence-corrected chi connectivity index (χ0v) is 56.2. The molecule has 1 fully saturated rings. The lowest BCUT2D eigenvalue weighted by Crippen LogP contribution is -2.21. The smallest absolute Gasteiger partial charge is 0.343 e. The van der Waals surface area contributed by atoms with E-state index >= 15 is 0 Å². The molecule has 502 valence electrons. The van der Waals surface area contributed by atoms with Gasteiger partial charge in [-0.05, 0) is 249 Å². The Morgan fingerprint density at radius 2 is 0.545 bits per heavy atom. The van der Waals surface area contributed by atoms with Gasteiger partial charge in [-0.2, -0.15) is 40.9 Å². The maximum atomic E-state index is 13.5. The standard InChI is InChI=1S/C45H30N6O6.C12H10N2O.C9H3Cl3O3.C6H15N.C4H8O/c52-43(55-40-22-16-37(17-23-40)49-46-34-10-4-1-5-11-34)31-28-32(44(53)56-41-24-18-38(19-25-41)50-47-35-12-6-2-7-13-35)30-33(29-31)45(54)57-42-26-20-39(21-27-42)51-48-36-14-8-3-9-15-36;15-12-8-6-11(7-9-12)14-13-10-4-2-1-3-5-10;10-7(13)4-1-5(8(11)14)3-6(2-4)9(12)15;1-4-7(5-2)6-3;1-2-4-5-3-1/h1-30H;1-9,15H;1-3H;4-6H2,1-3H3;1-4H2. The average molecular weight is 1390 g/mol. The zero-order chi connectivity index (χ0) is 70.6. The first-order valence-corrected chi connectivity index (χ1v) is 32.0. The van der Waals surface area contributed by atoms with Crippen molar-refractivity contribution in [2.75, 3.05) is 32.8 Å². The first-order valence-electron chi connectivity index (χ1n) is 30.9. The fourth-order valence-corrected chi connectivity index (χ4v) is 8.66. The van der Waals surface area contributed by atoms with Gasteiger partial charge in [-0.15, -0.1) is 0 Å². The molecule has 10 aromatic carbocycles. The van der Waals surface area contributed by atoms with Crippen LogP contribution in [0.3, 0.4) is 0 Å². The molecule has 0 amide bonds. The topological polar surface area (TPSA) is 262 Å². The van der Waals surface area contributed by atoms with E-state index in [-0.39, 0.29) is 56.4 Å². The molecule has 0 spiro atoms. The Hall–Kier alpha value is -11.4. The van der Waals surface area contributed by atoms with Gasteiger partial charge >= 0.3 is 17.9 Å². The highest BCUT2D eigenvalue weighted by molar-refractivity contribution is 6.70. The van der Waals surface area contributed by atoms with E-state index in [1.807, 2.05) is 121 Å². The maximum absolute atomic E-state index is 13.5. The molecular formula is C76H66Cl3N9O11. The number of phenols is 1. The van der Waals surface area contributed by atoms with Gasteiger partial charge in [-0.1, -0.05) is 93.6 Å². The van der Waals surface area contributed by atoms with Crippen LogP contribution < -0.4 is 14.2 Å². The van der Waals surface area contributed by atoms with Crippen LogP contribution in [0.4, 0.5) is 45.5 Å². The summed E-state index contributed by atoms with van der Waals surface area (Å²) in [5, 5.41) is 39.9. The first-order chi connectivity index (χ1) is 48.0. The van der Waals surface area contributed by atoms with Gasteiger partial charge in [0.05, 0.1) is 62.2 Å². The summed E-state index contributed by atoms with van der Waals surface area (Å²) >= 11 is 15.6. The quantitative estimate of drug-likeness (QED) is 0.0323. The van der Waals surface area contributed by atoms with Gasteiger partial charge in [-0.25, -0.2) is 14.4 Å². The van der Waals surface area contributed by atoms with Crippen LogP contribution in [0.25, 0.3) is 0 Å². The van der Waals surface area contributed by atoms with Gasteiger partial charge in [0.15, 0.2) is 0 Å². The van der Waals surface area contributed by atoms with E-state index in [0.29, 0.717) is 34.1 Å². The Morgan fingerprint density at radius 3 is 0.737 bits per heavy atom. The molecule has 20 nitrogen and oxygen atoms in total. The SMILES string of the molecule is C1CCOC1.CCN(CC)CC.O=C(Cl)c1cc(C(=O)Cl)cc(C(=O)Cl)c1.O=C(Oc1ccc(N=Nc2ccccc2)cc1)c1cc(C(=O)Oc2ccc(N=Nc3ccccc3)cc2)cc(C(=O)Oc2ccc(N=Nc3ccccc3)cc2)c1.Oc1ccc(N=Nc2ccccc2)cc1. The van der Waals surface area contributed by atoms with E-state index in [4.69, 9.17) is 58.9 Å². The summed E-state index contributed by atoms with van der Waals surface area (Å²) in [5.41, 5.74) is 4.87. The summed E-state index contributed by atoms with van der Waals surface area (Å²) in [5.74, 6) is -1.68. The summed E-state index contributed by atoms with van der Waals surface area (Å²) in [6.07, 6.45) is 2.56. The fraction of sp³-hybridized carbons (Fsp3) is 0.132. The molecule has 0 bridgehead atoms. The zero-order valence-electron chi connectivity index (χ0n) is 53.9. The highest BCUT2D eigenvalue weighted by atomic mass is 35.5. The predicted molar refractivity (Wildman–Crippen MR) is 382 cm³/mol. The number of ether oxygens (including phenoxy) is 4. The summed E-state index contributed by atoms with van der Waals surface area (Å²) < 4.78 is 21.8. The Labute approximate surface area is 586 Å². The lowest BCUT2D eigenvalue weighted by molar-refractivity contribution is 0.0733. The largest absolute Gasteiger partial charge is 0.508 e. The van der Waals surface area contributed by atoms with Crippen molar-refractivity contribution in [2.24, 2.45) is 40.9 Å². The van der Waals surface area contributed by atoms with Crippen molar-refractivity contribution in [1.29, 1.82) is 0 Å². The Kier molecular flexibility index (Phi) is 31.0. The van der Waals surface area contributed by atoms with Gasteiger partial charge in [0, 0.05) is 29.9 Å². The van der Waals surface area contributed by atoms with Crippen molar-refractivity contribution in [3.63, 3.8) is 0 Å². The monoisotopic (exact) mass is 1390 g/mol. The normalized spacial score (nSPS) is 11.5. The van der Waals surface area contributed by atoms with Crippen LogP contribution in [0.15, 0.2) is 296 Å². The van der Waals surface area contributed by atoms with Gasteiger partial charge in [-0.3, -0.25) is 14.4 Å². The molecule has 23 heteroatoms. The number of hydrogen-bond acceptors (Lipinski definition) is 20. The van der Waals surface area contributed by atoms with E-state index in [1.54, 1.807) is 97.1 Å². The second-order valence-corrected chi connectivity index (χ2v) is 21.7. The second kappa shape index (κ2) is 40.9. The number of nitrogens with zero attached hydrogens (tertiary/aromatic N) is 9. The minimum atomic E-state index is -0.835. The number of carbonyl (C=O) groups is 6. The number of azo groups is 4. The highest BCUT2D eigenvalue weighted by Gasteiger charge is 2.21. The van der Waals surface area contributed by atoms with Crippen molar-refractivity contribution in [3.8, 4) is 23.0 Å². The van der Waals surface area contributed by atoms with Gasteiger partial charge < -0.3 is 29.0 Å². The van der Waals surface area contributed by atoms with Crippen molar-refractivity contribution in [2.45, 2.75) is 33.6 Å². The van der Waals surface area contributed by atoms with Gasteiger partial charge in [0.1, 0.15) is 23.0 Å². The minimum absolute atomic E-state index is 0.00725. The van der Waals surface area contributed by atoms with Crippen molar-refractivity contribution in [3.05, 3.63) is 288 Å². The maximum Gasteiger partial charge on any atom is 0.343 e. The summed E-state index contributed by atoms with van der Waals surface area (Å²) in [4.78, 5) is 75.3. The first kappa shape index (κ1) is 75.0. The van der Waals surface area contributed by atoms with Crippen LogP contribution in [0.2, 0.25) is 0 Å². The van der Waals surface area contributed by atoms with E-state index in [9.17, 15) is 28.8 Å². The highest BCUT2D eigenvalue weighted by Crippen LogP contribution is 2.28. The number of esters is 3. The van der Waals surface area contributed by atoms with E-state index in [1.165, 1.54) is 68.9 Å². The van der Waals surface area contributed by atoms with Crippen molar-refractivity contribution < 1.29 is 52.8 Å². The van der Waals surface area contributed by atoms with Crippen LogP contribution in [0.5, 0.6) is 23.0 Å². The van der Waals surface area contributed by atoms with E-state index in [2.05, 4.69) is 66.6 Å². The van der Waals surface area contributed by atoms with E-state index in [0.717, 1.165) is 24.6 Å². The van der Waals surface area contributed by atoms with Gasteiger partial charge in [0.25, 0.3) is 15.7 Å². The number of halogens is 3. The van der Waals surface area contributed by atoms with Crippen molar-refractivity contribution in [1.82, 2.24) is 4.90 Å². The molecule has 1 N–H and O–H groups in total. The second-order valence-electron chi connectivity index (χ2n) is 20.7. The molecule has 0 aromatic heterocycles. The fourth-order valence-electron chi connectivity index (χ4n) is 8.33. The Morgan fingerprint density at radius 1 is 0.333 bits per heavy atom. The molecule has 1 aliphatic heterocycles. The third-order valence-corrected chi connectivity index (χ3v) is 14.2. The van der Waals surface area contributed by atoms with Crippen LogP contribution in [0, 0.1) is 0 Å². The molecule has 0 aliphatic carbocycles. The summed E-state index contributed by atoms with van der Waals surface area (Å²) in [6, 6.07) is 70.3. The Balaban J connectivity index is 0.000000261.